The molecular formula is C14H13F3O2. The highest BCUT2D eigenvalue weighted by Crippen LogP contribution is 2.29. The van der Waals surface area contributed by atoms with Crippen molar-refractivity contribution in [3.8, 4) is 0 Å². The lowest BCUT2D eigenvalue weighted by Gasteiger charge is -2.07. The van der Waals surface area contributed by atoms with Crippen LogP contribution in [-0.2, 0) is 15.7 Å². The molecule has 102 valence electrons. The summed E-state index contributed by atoms with van der Waals surface area (Å²) in [6.45, 7) is 1.74. The Labute approximate surface area is 109 Å². The Hall–Kier alpha value is -2.04. The second kappa shape index (κ2) is 6.22. The van der Waals surface area contributed by atoms with E-state index in [0.29, 0.717) is 5.56 Å². The van der Waals surface area contributed by atoms with Crippen LogP contribution in [-0.4, -0.2) is 13.1 Å². The first-order valence-electron chi connectivity index (χ1n) is 5.45. The summed E-state index contributed by atoms with van der Waals surface area (Å²) in [6, 6.07) is 4.83. The van der Waals surface area contributed by atoms with Crippen LogP contribution >= 0.6 is 0 Å². The van der Waals surface area contributed by atoms with Crippen LogP contribution in [0.1, 0.15) is 18.1 Å². The molecule has 0 fully saturated rings. The minimum Gasteiger partial charge on any atom is -0.466 e. The van der Waals surface area contributed by atoms with Gasteiger partial charge in [-0.3, -0.25) is 0 Å². The molecule has 1 rings (SSSR count). The third-order valence-electron chi connectivity index (χ3n) is 2.45. The van der Waals surface area contributed by atoms with E-state index in [9.17, 15) is 18.0 Å². The molecule has 0 atom stereocenters. The van der Waals surface area contributed by atoms with Crippen LogP contribution < -0.4 is 0 Å². The number of esters is 1. The third-order valence-corrected chi connectivity index (χ3v) is 2.45. The molecule has 0 aliphatic heterocycles. The quantitative estimate of drug-likeness (QED) is 0.474. The van der Waals surface area contributed by atoms with Crippen molar-refractivity contribution >= 4 is 11.5 Å². The second-order valence-electron chi connectivity index (χ2n) is 3.81. The Morgan fingerprint density at radius 1 is 1.21 bits per heavy atom. The Kier molecular flexibility index (Phi) is 4.92. The predicted molar refractivity (Wildman–Crippen MR) is 66.3 cm³/mol. The summed E-state index contributed by atoms with van der Waals surface area (Å²) in [5, 5.41) is 0. The molecule has 0 saturated heterocycles. The summed E-state index contributed by atoms with van der Waals surface area (Å²) in [7, 11) is 1.26. The van der Waals surface area contributed by atoms with Gasteiger partial charge in [0.25, 0.3) is 0 Å². The number of hydrogen-bond donors (Lipinski definition) is 0. The first-order chi connectivity index (χ1) is 8.84. The standard InChI is InChI=1S/C14H13F3O2/c1-10(4-3-5-13(18)19-2)11-6-8-12(9-7-11)14(15,16)17/h3-9H,1-2H3/b5-3+,10-4+. The van der Waals surface area contributed by atoms with Crippen molar-refractivity contribution in [2.45, 2.75) is 13.1 Å². The molecule has 0 radical (unpaired) electrons. The molecule has 0 spiro atoms. The van der Waals surface area contributed by atoms with Crippen molar-refractivity contribution < 1.29 is 22.7 Å². The Bertz CT molecular complexity index is 496. The normalized spacial score (nSPS) is 12.8. The molecule has 1 aromatic rings. The van der Waals surface area contributed by atoms with E-state index in [-0.39, 0.29) is 0 Å². The fourth-order valence-corrected chi connectivity index (χ4v) is 1.36. The Morgan fingerprint density at radius 3 is 2.26 bits per heavy atom. The number of ether oxygens (including phenoxy) is 1. The van der Waals surface area contributed by atoms with Crippen molar-refractivity contribution in [2.24, 2.45) is 0 Å². The minimum atomic E-state index is -4.33. The molecule has 0 bridgehead atoms. The maximum atomic E-state index is 12.4. The van der Waals surface area contributed by atoms with Crippen molar-refractivity contribution in [3.63, 3.8) is 0 Å². The largest absolute Gasteiger partial charge is 0.466 e. The van der Waals surface area contributed by atoms with Gasteiger partial charge in [0.15, 0.2) is 0 Å². The first kappa shape index (κ1) is 15.0. The summed E-state index contributed by atoms with van der Waals surface area (Å²) in [5.41, 5.74) is 0.713. The smallest absolute Gasteiger partial charge is 0.416 e. The van der Waals surface area contributed by atoms with Crippen LogP contribution in [0.5, 0.6) is 0 Å². The molecule has 5 heteroatoms. The average molecular weight is 270 g/mol. The van der Waals surface area contributed by atoms with E-state index in [2.05, 4.69) is 4.74 Å². The van der Waals surface area contributed by atoms with Crippen LogP contribution in [0.15, 0.2) is 42.5 Å². The molecule has 0 N–H and O–H groups in total. The summed E-state index contributed by atoms with van der Waals surface area (Å²) in [5.74, 6) is -0.489. The number of hydrogen-bond acceptors (Lipinski definition) is 2. The van der Waals surface area contributed by atoms with Crippen molar-refractivity contribution in [3.05, 3.63) is 53.6 Å². The van der Waals surface area contributed by atoms with Gasteiger partial charge in [-0.25, -0.2) is 4.79 Å². The van der Waals surface area contributed by atoms with E-state index >= 15 is 0 Å². The van der Waals surface area contributed by atoms with Crippen LogP contribution in [0.2, 0.25) is 0 Å². The molecule has 0 heterocycles. The molecule has 0 aromatic heterocycles. The van der Waals surface area contributed by atoms with Gasteiger partial charge in [0.2, 0.25) is 0 Å². The number of alkyl halides is 3. The number of rotatable bonds is 3. The molecule has 0 unspecified atom stereocenters. The zero-order chi connectivity index (χ0) is 14.5. The minimum absolute atomic E-state index is 0.489. The topological polar surface area (TPSA) is 26.3 Å². The van der Waals surface area contributed by atoms with Gasteiger partial charge < -0.3 is 4.74 Å². The van der Waals surface area contributed by atoms with Gasteiger partial charge in [0.05, 0.1) is 12.7 Å². The lowest BCUT2D eigenvalue weighted by Crippen LogP contribution is -2.04. The second-order valence-corrected chi connectivity index (χ2v) is 3.81. The van der Waals surface area contributed by atoms with E-state index < -0.39 is 17.7 Å². The SMILES string of the molecule is COC(=O)/C=C/C=C(\C)c1ccc(C(F)(F)F)cc1. The Morgan fingerprint density at radius 2 is 1.79 bits per heavy atom. The van der Waals surface area contributed by atoms with Gasteiger partial charge in [-0.1, -0.05) is 24.3 Å². The molecule has 0 aliphatic rings. The van der Waals surface area contributed by atoms with Crippen LogP contribution in [0.4, 0.5) is 13.2 Å². The zero-order valence-electron chi connectivity index (χ0n) is 10.5. The lowest BCUT2D eigenvalue weighted by molar-refractivity contribution is -0.137. The lowest BCUT2D eigenvalue weighted by atomic mass is 10.0. The summed E-state index contributed by atoms with van der Waals surface area (Å²) in [6.07, 6.45) is 0.00682. The number of carbonyl (C=O) groups is 1. The molecular weight excluding hydrogens is 257 g/mol. The highest BCUT2D eigenvalue weighted by molar-refractivity contribution is 5.82. The average Bonchev–Trinajstić information content (AvgIpc) is 2.37. The zero-order valence-corrected chi connectivity index (χ0v) is 10.5. The number of halogens is 3. The van der Waals surface area contributed by atoms with Crippen molar-refractivity contribution in [2.75, 3.05) is 7.11 Å². The number of allylic oxidation sites excluding steroid dienone is 3. The Balaban J connectivity index is 2.84. The van der Waals surface area contributed by atoms with E-state index in [0.717, 1.165) is 17.7 Å². The highest BCUT2D eigenvalue weighted by atomic mass is 19.4. The highest BCUT2D eigenvalue weighted by Gasteiger charge is 2.29. The van der Waals surface area contributed by atoms with E-state index in [1.54, 1.807) is 13.0 Å². The van der Waals surface area contributed by atoms with Gasteiger partial charge in [-0.2, -0.15) is 13.2 Å². The molecule has 0 saturated carbocycles. The summed E-state index contributed by atoms with van der Waals surface area (Å²) in [4.78, 5) is 10.8. The monoisotopic (exact) mass is 270 g/mol. The van der Waals surface area contributed by atoms with Gasteiger partial charge in [-0.15, -0.1) is 0 Å². The fourth-order valence-electron chi connectivity index (χ4n) is 1.36. The van der Waals surface area contributed by atoms with Crippen LogP contribution in [0.3, 0.4) is 0 Å². The molecule has 0 aliphatic carbocycles. The summed E-state index contributed by atoms with van der Waals surface area (Å²) >= 11 is 0. The molecule has 1 aromatic carbocycles. The van der Waals surface area contributed by atoms with E-state index in [1.807, 2.05) is 0 Å². The van der Waals surface area contributed by atoms with E-state index in [1.165, 1.54) is 31.4 Å². The van der Waals surface area contributed by atoms with Crippen LogP contribution in [0, 0.1) is 0 Å². The summed E-state index contributed by atoms with van der Waals surface area (Å²) < 4.78 is 41.5. The number of benzene rings is 1. The van der Waals surface area contributed by atoms with Gasteiger partial charge in [0.1, 0.15) is 0 Å². The number of carbonyl (C=O) groups excluding carboxylic acids is 1. The van der Waals surface area contributed by atoms with Crippen LogP contribution in [0.25, 0.3) is 5.57 Å². The third kappa shape index (κ3) is 4.62. The van der Waals surface area contributed by atoms with Gasteiger partial charge in [0, 0.05) is 6.08 Å². The predicted octanol–water partition coefficient (Wildman–Crippen LogP) is 3.84. The number of methoxy groups -OCH3 is 1. The van der Waals surface area contributed by atoms with E-state index in [4.69, 9.17) is 0 Å². The molecule has 19 heavy (non-hydrogen) atoms. The first-order valence-corrected chi connectivity index (χ1v) is 5.45. The molecule has 2 nitrogen and oxygen atoms in total. The van der Waals surface area contributed by atoms with Crippen molar-refractivity contribution in [1.82, 2.24) is 0 Å². The fraction of sp³-hybridized carbons (Fsp3) is 0.214. The molecule has 0 amide bonds. The maximum Gasteiger partial charge on any atom is 0.416 e. The van der Waals surface area contributed by atoms with Gasteiger partial charge >= 0.3 is 12.1 Å². The van der Waals surface area contributed by atoms with Gasteiger partial charge in [-0.05, 0) is 30.2 Å². The maximum absolute atomic E-state index is 12.4. The van der Waals surface area contributed by atoms with Crippen molar-refractivity contribution in [1.29, 1.82) is 0 Å².